The molecule has 0 atom stereocenters. The Morgan fingerprint density at radius 2 is 1.70 bits per heavy atom. The SMILES string of the molecule is Cc1ccc(CON2C(=O)C(=O)c3ccccc32)cc1. The number of rotatable bonds is 3. The highest BCUT2D eigenvalue weighted by atomic mass is 16.7. The van der Waals surface area contributed by atoms with E-state index < -0.39 is 11.7 Å². The molecule has 1 heterocycles. The molecule has 100 valence electrons. The van der Waals surface area contributed by atoms with Crippen molar-refractivity contribution in [1.82, 2.24) is 0 Å². The first-order valence-electron chi connectivity index (χ1n) is 6.33. The van der Waals surface area contributed by atoms with Crippen molar-refractivity contribution in [1.29, 1.82) is 0 Å². The number of ketones is 1. The summed E-state index contributed by atoms with van der Waals surface area (Å²) < 4.78 is 0. The van der Waals surface area contributed by atoms with Crippen molar-refractivity contribution < 1.29 is 14.4 Å². The minimum atomic E-state index is -0.640. The Morgan fingerprint density at radius 1 is 1.00 bits per heavy atom. The average molecular weight is 267 g/mol. The van der Waals surface area contributed by atoms with Gasteiger partial charge in [0.1, 0.15) is 6.61 Å². The van der Waals surface area contributed by atoms with E-state index in [-0.39, 0.29) is 6.61 Å². The monoisotopic (exact) mass is 267 g/mol. The van der Waals surface area contributed by atoms with Crippen LogP contribution in [0.4, 0.5) is 5.69 Å². The largest absolute Gasteiger partial charge is 0.323 e. The Balaban J connectivity index is 1.79. The average Bonchev–Trinajstić information content (AvgIpc) is 2.71. The summed E-state index contributed by atoms with van der Waals surface area (Å²) in [7, 11) is 0. The van der Waals surface area contributed by atoms with Gasteiger partial charge in [-0.15, -0.1) is 0 Å². The van der Waals surface area contributed by atoms with E-state index in [4.69, 9.17) is 4.84 Å². The summed E-state index contributed by atoms with van der Waals surface area (Å²) in [4.78, 5) is 29.2. The number of Topliss-reactive ketones (excluding diaryl/α,β-unsaturated/α-hetero) is 1. The second-order valence-electron chi connectivity index (χ2n) is 4.70. The van der Waals surface area contributed by atoms with Crippen LogP contribution in [0.2, 0.25) is 0 Å². The van der Waals surface area contributed by atoms with Gasteiger partial charge in [-0.05, 0) is 24.6 Å². The van der Waals surface area contributed by atoms with Crippen LogP contribution in [-0.2, 0) is 16.2 Å². The normalized spacial score (nSPS) is 13.8. The summed E-state index contributed by atoms with van der Waals surface area (Å²) in [5.74, 6) is -1.16. The van der Waals surface area contributed by atoms with E-state index in [9.17, 15) is 9.59 Å². The van der Waals surface area contributed by atoms with Crippen molar-refractivity contribution in [3.05, 3.63) is 65.2 Å². The van der Waals surface area contributed by atoms with Crippen LogP contribution < -0.4 is 5.06 Å². The van der Waals surface area contributed by atoms with E-state index in [2.05, 4.69) is 0 Å². The van der Waals surface area contributed by atoms with Gasteiger partial charge >= 0.3 is 5.91 Å². The van der Waals surface area contributed by atoms with Crippen LogP contribution in [0.25, 0.3) is 0 Å². The highest BCUT2D eigenvalue weighted by Gasteiger charge is 2.36. The lowest BCUT2D eigenvalue weighted by Crippen LogP contribution is -2.29. The van der Waals surface area contributed by atoms with Crippen molar-refractivity contribution in [3.8, 4) is 0 Å². The molecule has 0 aromatic heterocycles. The first-order chi connectivity index (χ1) is 9.66. The fourth-order valence-electron chi connectivity index (χ4n) is 2.11. The van der Waals surface area contributed by atoms with Gasteiger partial charge in [-0.3, -0.25) is 14.4 Å². The zero-order chi connectivity index (χ0) is 14.1. The first-order valence-corrected chi connectivity index (χ1v) is 6.33. The number of hydrogen-bond acceptors (Lipinski definition) is 3. The Morgan fingerprint density at radius 3 is 2.45 bits per heavy atom. The maximum absolute atomic E-state index is 11.9. The minimum Gasteiger partial charge on any atom is -0.283 e. The quantitative estimate of drug-likeness (QED) is 0.803. The number of fused-ring (bicyclic) bond motifs is 1. The topological polar surface area (TPSA) is 46.6 Å². The molecule has 0 N–H and O–H groups in total. The van der Waals surface area contributed by atoms with Crippen LogP contribution >= 0.6 is 0 Å². The van der Waals surface area contributed by atoms with Gasteiger partial charge in [-0.25, -0.2) is 0 Å². The summed E-state index contributed by atoms with van der Waals surface area (Å²) >= 11 is 0. The van der Waals surface area contributed by atoms with Gasteiger partial charge < -0.3 is 0 Å². The fraction of sp³-hybridized carbons (Fsp3) is 0.125. The summed E-state index contributed by atoms with van der Waals surface area (Å²) in [6.07, 6.45) is 0. The third kappa shape index (κ3) is 2.10. The van der Waals surface area contributed by atoms with E-state index in [1.165, 1.54) is 0 Å². The summed E-state index contributed by atoms with van der Waals surface area (Å²) in [6, 6.07) is 14.7. The smallest absolute Gasteiger partial charge is 0.283 e. The molecule has 0 fully saturated rings. The minimum absolute atomic E-state index is 0.244. The highest BCUT2D eigenvalue weighted by Crippen LogP contribution is 2.29. The Kier molecular flexibility index (Phi) is 3.08. The molecule has 4 nitrogen and oxygen atoms in total. The predicted molar refractivity (Wildman–Crippen MR) is 74.2 cm³/mol. The molecule has 3 rings (SSSR count). The van der Waals surface area contributed by atoms with E-state index in [1.807, 2.05) is 31.2 Å². The molecule has 2 aromatic carbocycles. The standard InChI is InChI=1S/C16H13NO3/c1-11-6-8-12(9-7-11)10-20-17-14-5-3-2-4-13(14)15(18)16(17)19/h2-9H,10H2,1H3. The maximum atomic E-state index is 11.9. The molecule has 0 spiro atoms. The van der Waals surface area contributed by atoms with Crippen LogP contribution in [0.5, 0.6) is 0 Å². The maximum Gasteiger partial charge on any atom is 0.323 e. The van der Waals surface area contributed by atoms with Gasteiger partial charge in [0.2, 0.25) is 0 Å². The molecule has 0 saturated carbocycles. The van der Waals surface area contributed by atoms with Gasteiger partial charge in [0.15, 0.2) is 0 Å². The molecule has 0 aliphatic carbocycles. The molecule has 0 saturated heterocycles. The van der Waals surface area contributed by atoms with Gasteiger partial charge in [-0.2, -0.15) is 5.06 Å². The second kappa shape index (κ2) is 4.90. The van der Waals surface area contributed by atoms with Crippen molar-refractivity contribution in [2.24, 2.45) is 0 Å². The van der Waals surface area contributed by atoms with E-state index >= 15 is 0 Å². The van der Waals surface area contributed by atoms with E-state index in [0.717, 1.165) is 16.2 Å². The van der Waals surface area contributed by atoms with Crippen LogP contribution in [0.3, 0.4) is 0 Å². The van der Waals surface area contributed by atoms with Gasteiger partial charge in [0, 0.05) is 0 Å². The summed E-state index contributed by atoms with van der Waals surface area (Å²) in [6.45, 7) is 2.25. The van der Waals surface area contributed by atoms with Crippen LogP contribution in [0, 0.1) is 6.92 Å². The molecule has 0 radical (unpaired) electrons. The Bertz CT molecular complexity index is 676. The van der Waals surface area contributed by atoms with E-state index in [0.29, 0.717) is 11.3 Å². The molecule has 20 heavy (non-hydrogen) atoms. The number of carbonyl (C=O) groups excluding carboxylic acids is 2. The lowest BCUT2D eigenvalue weighted by Gasteiger charge is -2.15. The number of hydrogen-bond donors (Lipinski definition) is 0. The highest BCUT2D eigenvalue weighted by molar-refractivity contribution is 6.51. The summed E-state index contributed by atoms with van der Waals surface area (Å²) in [5.41, 5.74) is 3.00. The Hall–Kier alpha value is -2.46. The van der Waals surface area contributed by atoms with Gasteiger partial charge in [0.25, 0.3) is 5.78 Å². The molecule has 2 aromatic rings. The van der Waals surface area contributed by atoms with E-state index in [1.54, 1.807) is 24.3 Å². The zero-order valence-electron chi connectivity index (χ0n) is 11.0. The number of carbonyl (C=O) groups is 2. The first kappa shape index (κ1) is 12.6. The summed E-state index contributed by atoms with van der Waals surface area (Å²) in [5, 5.41) is 1.08. The van der Waals surface area contributed by atoms with Gasteiger partial charge in [-0.1, -0.05) is 42.0 Å². The molecular formula is C16H13NO3. The molecule has 4 heteroatoms. The molecule has 1 amide bonds. The molecule has 0 unspecified atom stereocenters. The lowest BCUT2D eigenvalue weighted by atomic mass is 10.1. The predicted octanol–water partition coefficient (Wildman–Crippen LogP) is 2.66. The molecular weight excluding hydrogens is 254 g/mol. The third-order valence-electron chi connectivity index (χ3n) is 3.23. The van der Waals surface area contributed by atoms with Crippen LogP contribution in [0.15, 0.2) is 48.5 Å². The number of para-hydroxylation sites is 1. The third-order valence-corrected chi connectivity index (χ3v) is 3.23. The molecule has 1 aliphatic heterocycles. The lowest BCUT2D eigenvalue weighted by molar-refractivity contribution is -0.121. The van der Waals surface area contributed by atoms with Crippen LogP contribution in [0.1, 0.15) is 21.5 Å². The second-order valence-corrected chi connectivity index (χ2v) is 4.70. The van der Waals surface area contributed by atoms with Crippen molar-refractivity contribution in [2.75, 3.05) is 5.06 Å². The van der Waals surface area contributed by atoms with Crippen molar-refractivity contribution in [3.63, 3.8) is 0 Å². The van der Waals surface area contributed by atoms with Crippen molar-refractivity contribution in [2.45, 2.75) is 13.5 Å². The van der Waals surface area contributed by atoms with Gasteiger partial charge in [0.05, 0.1) is 11.3 Å². The number of benzene rings is 2. The fourth-order valence-corrected chi connectivity index (χ4v) is 2.11. The number of aryl methyl sites for hydroxylation is 1. The number of anilines is 1. The zero-order valence-corrected chi connectivity index (χ0v) is 11.0. The number of hydroxylamine groups is 1. The molecule has 1 aliphatic rings. The number of amides is 1. The number of nitrogens with zero attached hydrogens (tertiary/aromatic N) is 1. The van der Waals surface area contributed by atoms with Crippen LogP contribution in [-0.4, -0.2) is 11.7 Å². The molecule has 0 bridgehead atoms. The van der Waals surface area contributed by atoms with Crippen molar-refractivity contribution >= 4 is 17.4 Å². The Labute approximate surface area is 116 Å².